The number of hydrogen-bond acceptors (Lipinski definition) is 4. The fourth-order valence-corrected chi connectivity index (χ4v) is 3.35. The summed E-state index contributed by atoms with van der Waals surface area (Å²) in [6.45, 7) is 0.865. The number of aliphatic imine (C=N–C) groups is 1. The first-order valence-corrected chi connectivity index (χ1v) is 8.23. The number of ether oxygens (including phenoxy) is 1. The SMILES string of the molecule is COc1ccc(C23C=N/C(=C(\Cc4ccccc4)C(=N)N)N2C3)cc1. The van der Waals surface area contributed by atoms with Gasteiger partial charge in [-0.15, -0.1) is 0 Å². The highest BCUT2D eigenvalue weighted by molar-refractivity contribution is 5.97. The summed E-state index contributed by atoms with van der Waals surface area (Å²) in [5.74, 6) is 1.73. The number of nitrogens with two attached hydrogens (primary N) is 1. The molecule has 0 spiro atoms. The molecule has 4 rings (SSSR count). The van der Waals surface area contributed by atoms with E-state index < -0.39 is 0 Å². The van der Waals surface area contributed by atoms with Crippen molar-refractivity contribution in [1.82, 2.24) is 4.90 Å². The maximum absolute atomic E-state index is 8.00. The monoisotopic (exact) mass is 332 g/mol. The average molecular weight is 332 g/mol. The smallest absolute Gasteiger partial charge is 0.136 e. The van der Waals surface area contributed by atoms with E-state index in [2.05, 4.69) is 22.0 Å². The summed E-state index contributed by atoms with van der Waals surface area (Å²) < 4.78 is 5.23. The van der Waals surface area contributed by atoms with Gasteiger partial charge in [-0.1, -0.05) is 42.5 Å². The molecular weight excluding hydrogens is 312 g/mol. The van der Waals surface area contributed by atoms with Crippen LogP contribution in [0.1, 0.15) is 11.1 Å². The molecule has 2 heterocycles. The largest absolute Gasteiger partial charge is 0.497 e. The maximum atomic E-state index is 8.00. The van der Waals surface area contributed by atoms with Crippen molar-refractivity contribution >= 4 is 12.1 Å². The summed E-state index contributed by atoms with van der Waals surface area (Å²) in [7, 11) is 1.66. The highest BCUT2D eigenvalue weighted by Gasteiger charge is 2.57. The molecule has 0 aromatic heterocycles. The van der Waals surface area contributed by atoms with Crippen molar-refractivity contribution in [1.29, 1.82) is 5.41 Å². The van der Waals surface area contributed by atoms with E-state index in [-0.39, 0.29) is 11.4 Å². The van der Waals surface area contributed by atoms with Gasteiger partial charge in [0.15, 0.2) is 0 Å². The molecule has 0 aliphatic carbocycles. The van der Waals surface area contributed by atoms with Crippen molar-refractivity contribution in [3.8, 4) is 5.75 Å². The lowest BCUT2D eigenvalue weighted by molar-refractivity contribution is 0.414. The Balaban J connectivity index is 1.64. The normalized spacial score (nSPS) is 22.5. The number of methoxy groups -OCH3 is 1. The first-order chi connectivity index (χ1) is 12.1. The predicted octanol–water partition coefficient (Wildman–Crippen LogP) is 2.68. The number of nitrogens with one attached hydrogen (secondary N) is 1. The molecule has 2 aromatic rings. The predicted molar refractivity (Wildman–Crippen MR) is 99.0 cm³/mol. The average Bonchev–Trinajstić information content (AvgIpc) is 3.27. The van der Waals surface area contributed by atoms with Crippen LogP contribution in [0.25, 0.3) is 0 Å². The number of nitrogens with zero attached hydrogens (tertiary/aromatic N) is 2. The Morgan fingerprint density at radius 2 is 1.92 bits per heavy atom. The van der Waals surface area contributed by atoms with Gasteiger partial charge in [-0.05, 0) is 23.3 Å². The second kappa shape index (κ2) is 5.77. The van der Waals surface area contributed by atoms with Gasteiger partial charge in [-0.25, -0.2) is 4.99 Å². The first kappa shape index (κ1) is 15.4. The van der Waals surface area contributed by atoms with E-state index >= 15 is 0 Å². The number of rotatable bonds is 5. The Bertz CT molecular complexity index is 870. The molecule has 2 aliphatic heterocycles. The Morgan fingerprint density at radius 1 is 1.20 bits per heavy atom. The van der Waals surface area contributed by atoms with Crippen LogP contribution in [-0.2, 0) is 12.0 Å². The minimum Gasteiger partial charge on any atom is -0.497 e. The maximum Gasteiger partial charge on any atom is 0.136 e. The third-order valence-electron chi connectivity index (χ3n) is 4.84. The van der Waals surface area contributed by atoms with Gasteiger partial charge in [-0.3, -0.25) is 5.41 Å². The molecule has 1 fully saturated rings. The van der Waals surface area contributed by atoms with Gasteiger partial charge in [0.25, 0.3) is 0 Å². The zero-order valence-electron chi connectivity index (χ0n) is 14.1. The van der Waals surface area contributed by atoms with E-state index in [1.54, 1.807) is 7.11 Å². The second-order valence-corrected chi connectivity index (χ2v) is 6.38. The molecule has 1 unspecified atom stereocenters. The number of benzene rings is 2. The van der Waals surface area contributed by atoms with Crippen LogP contribution in [0.5, 0.6) is 5.75 Å². The van der Waals surface area contributed by atoms with Crippen LogP contribution in [-0.4, -0.2) is 30.6 Å². The highest BCUT2D eigenvalue weighted by Crippen LogP contribution is 2.49. The first-order valence-electron chi connectivity index (χ1n) is 8.23. The molecule has 0 amide bonds. The third-order valence-corrected chi connectivity index (χ3v) is 4.84. The minimum absolute atomic E-state index is 0.0773. The molecule has 126 valence electrons. The molecule has 0 saturated carbocycles. The molecule has 2 aliphatic rings. The summed E-state index contributed by atoms with van der Waals surface area (Å²) in [6, 6.07) is 18.1. The molecule has 0 radical (unpaired) electrons. The fourth-order valence-electron chi connectivity index (χ4n) is 3.35. The lowest BCUT2D eigenvalue weighted by Crippen LogP contribution is -2.19. The van der Waals surface area contributed by atoms with Crippen molar-refractivity contribution < 1.29 is 4.74 Å². The summed E-state index contributed by atoms with van der Waals surface area (Å²) in [4.78, 5) is 6.81. The van der Waals surface area contributed by atoms with Crippen LogP contribution in [0.2, 0.25) is 0 Å². The molecule has 1 atom stereocenters. The zero-order valence-corrected chi connectivity index (χ0v) is 14.1. The minimum atomic E-state index is -0.195. The van der Waals surface area contributed by atoms with Crippen molar-refractivity contribution in [2.75, 3.05) is 13.7 Å². The molecule has 2 aromatic carbocycles. The van der Waals surface area contributed by atoms with Crippen LogP contribution < -0.4 is 10.5 Å². The summed E-state index contributed by atoms with van der Waals surface area (Å²) in [6.07, 6.45) is 2.58. The molecule has 3 N–H and O–H groups in total. The Kier molecular flexibility index (Phi) is 3.57. The standard InChI is InChI=1S/C20H20N4O/c1-25-16-9-7-15(8-10-16)20-12-23-19(24(20)13-20)17(18(21)22)11-14-5-3-2-4-6-14/h2-10,12H,11,13H2,1H3,(H3,21,22)/b19-17-. The molecular formula is C20H20N4O. The van der Waals surface area contributed by atoms with E-state index in [1.165, 1.54) is 5.56 Å². The topological polar surface area (TPSA) is 74.5 Å². The fraction of sp³-hybridized carbons (Fsp3) is 0.200. The van der Waals surface area contributed by atoms with Gasteiger partial charge >= 0.3 is 0 Å². The Morgan fingerprint density at radius 3 is 2.52 bits per heavy atom. The summed E-state index contributed by atoms with van der Waals surface area (Å²) in [5, 5.41) is 8.00. The highest BCUT2D eigenvalue weighted by atomic mass is 16.5. The zero-order chi connectivity index (χ0) is 17.4. The molecule has 1 saturated heterocycles. The van der Waals surface area contributed by atoms with E-state index in [9.17, 15) is 0 Å². The lowest BCUT2D eigenvalue weighted by atomic mass is 10.0. The Hall–Kier alpha value is -3.08. The van der Waals surface area contributed by atoms with Crippen LogP contribution in [0.4, 0.5) is 0 Å². The van der Waals surface area contributed by atoms with Gasteiger partial charge in [-0.2, -0.15) is 0 Å². The summed E-state index contributed by atoms with van der Waals surface area (Å²) >= 11 is 0. The van der Waals surface area contributed by atoms with Crippen molar-refractivity contribution in [2.45, 2.75) is 12.0 Å². The van der Waals surface area contributed by atoms with Gasteiger partial charge < -0.3 is 15.4 Å². The second-order valence-electron chi connectivity index (χ2n) is 6.38. The van der Waals surface area contributed by atoms with Gasteiger partial charge in [0, 0.05) is 18.2 Å². The third kappa shape index (κ3) is 2.58. The molecule has 5 nitrogen and oxygen atoms in total. The van der Waals surface area contributed by atoms with E-state index in [0.717, 1.165) is 29.3 Å². The summed E-state index contributed by atoms with van der Waals surface area (Å²) in [5.41, 5.74) is 8.75. The number of amidine groups is 1. The molecule has 0 bridgehead atoms. The van der Waals surface area contributed by atoms with Crippen molar-refractivity contribution in [3.05, 3.63) is 77.1 Å². The Labute approximate surface area is 147 Å². The van der Waals surface area contributed by atoms with E-state index in [0.29, 0.717) is 6.42 Å². The molecule has 5 heteroatoms. The number of fused-ring (bicyclic) bond motifs is 1. The van der Waals surface area contributed by atoms with E-state index in [4.69, 9.17) is 15.9 Å². The van der Waals surface area contributed by atoms with Crippen molar-refractivity contribution in [2.24, 2.45) is 10.7 Å². The van der Waals surface area contributed by atoms with Crippen molar-refractivity contribution in [3.63, 3.8) is 0 Å². The van der Waals surface area contributed by atoms with Crippen LogP contribution in [0.15, 0.2) is 71.0 Å². The van der Waals surface area contributed by atoms with E-state index in [1.807, 2.05) is 48.7 Å². The quantitative estimate of drug-likeness (QED) is 0.502. The number of hydrogen-bond donors (Lipinski definition) is 2. The van der Waals surface area contributed by atoms with Gasteiger partial charge in [0.2, 0.25) is 0 Å². The molecule has 25 heavy (non-hydrogen) atoms. The van der Waals surface area contributed by atoms with Gasteiger partial charge in [0.05, 0.1) is 13.7 Å². The lowest BCUT2D eigenvalue weighted by Gasteiger charge is -2.13. The van der Waals surface area contributed by atoms with Gasteiger partial charge in [0.1, 0.15) is 22.9 Å². The van der Waals surface area contributed by atoms with Crippen LogP contribution in [0, 0.1) is 5.41 Å². The van der Waals surface area contributed by atoms with Crippen LogP contribution >= 0.6 is 0 Å². The van der Waals surface area contributed by atoms with Crippen LogP contribution in [0.3, 0.4) is 0 Å².